The summed E-state index contributed by atoms with van der Waals surface area (Å²) < 4.78 is 40.6. The largest absolute Gasteiger partial charge is 0.416 e. The van der Waals surface area contributed by atoms with Crippen LogP contribution in [0.15, 0.2) is 96.1 Å². The summed E-state index contributed by atoms with van der Waals surface area (Å²) in [6, 6.07) is 23.7. The highest BCUT2D eigenvalue weighted by Crippen LogP contribution is 2.34. The molecule has 0 saturated heterocycles. The number of aromatic nitrogens is 2. The lowest BCUT2D eigenvalue weighted by Crippen LogP contribution is -2.42. The van der Waals surface area contributed by atoms with Crippen LogP contribution in [0, 0.1) is 0 Å². The number of nitrogens with zero attached hydrogens (tertiary/aromatic N) is 4. The lowest BCUT2D eigenvalue weighted by Gasteiger charge is -2.32. The third kappa shape index (κ3) is 4.79. The fourth-order valence-electron chi connectivity index (χ4n) is 4.19. The van der Waals surface area contributed by atoms with Crippen molar-refractivity contribution in [1.29, 1.82) is 0 Å². The molecule has 0 radical (unpaired) electrons. The van der Waals surface area contributed by atoms with E-state index < -0.39 is 11.7 Å². The van der Waals surface area contributed by atoms with Crippen molar-refractivity contribution in [3.63, 3.8) is 0 Å². The number of carbonyl (C=O) groups excluding carboxylic acids is 1. The highest BCUT2D eigenvalue weighted by Gasteiger charge is 2.35. The standard InChI is InChI=1S/C27H21F3N4O.H2S/c1-18-17-33(22-14-12-21(13-15-22)27(28,29)30)26(35)25-23(16-31-34(18)25)32-24(19-8-4-2-5-9-19)20-10-6-3-7-11-20;/h2-16,18H,17H2,1H3;1H2/t18-;/m0./s1. The SMILES string of the molecule is C[C@H]1CN(c2ccc(C(F)(F)F)cc2)C(=O)c2c(N=C(c3ccccc3)c3ccccc3)cnn21.S. The average molecular weight is 509 g/mol. The van der Waals surface area contributed by atoms with Crippen molar-refractivity contribution < 1.29 is 18.0 Å². The molecule has 1 aromatic heterocycles. The highest BCUT2D eigenvalue weighted by atomic mass is 32.1. The zero-order valence-electron chi connectivity index (χ0n) is 19.3. The third-order valence-electron chi connectivity index (χ3n) is 5.92. The van der Waals surface area contributed by atoms with E-state index in [2.05, 4.69) is 5.10 Å². The molecule has 36 heavy (non-hydrogen) atoms. The first kappa shape index (κ1) is 25.2. The Kier molecular flexibility index (Phi) is 7.03. The Morgan fingerprint density at radius 3 is 2.00 bits per heavy atom. The minimum Gasteiger partial charge on any atom is -0.305 e. The van der Waals surface area contributed by atoms with Gasteiger partial charge >= 0.3 is 6.18 Å². The second-order valence-electron chi connectivity index (χ2n) is 8.32. The first-order valence-corrected chi connectivity index (χ1v) is 11.1. The maximum absolute atomic E-state index is 13.6. The monoisotopic (exact) mass is 508 g/mol. The van der Waals surface area contributed by atoms with Gasteiger partial charge in [0.25, 0.3) is 5.91 Å². The number of fused-ring (bicyclic) bond motifs is 1. The van der Waals surface area contributed by atoms with E-state index in [-0.39, 0.29) is 32.0 Å². The van der Waals surface area contributed by atoms with E-state index in [0.29, 0.717) is 22.8 Å². The van der Waals surface area contributed by atoms with Crippen LogP contribution in [0.5, 0.6) is 0 Å². The molecule has 1 aliphatic rings. The van der Waals surface area contributed by atoms with E-state index in [1.54, 1.807) is 10.9 Å². The number of carbonyl (C=O) groups is 1. The maximum Gasteiger partial charge on any atom is 0.416 e. The summed E-state index contributed by atoms with van der Waals surface area (Å²) in [4.78, 5) is 19.9. The molecule has 5 rings (SSSR count). The molecule has 4 aromatic rings. The molecule has 0 N–H and O–H groups in total. The van der Waals surface area contributed by atoms with Crippen LogP contribution in [0.25, 0.3) is 0 Å². The maximum atomic E-state index is 13.6. The highest BCUT2D eigenvalue weighted by molar-refractivity contribution is 7.59. The smallest absolute Gasteiger partial charge is 0.305 e. The Bertz CT molecular complexity index is 1340. The molecule has 184 valence electrons. The van der Waals surface area contributed by atoms with E-state index in [9.17, 15) is 18.0 Å². The summed E-state index contributed by atoms with van der Waals surface area (Å²) >= 11 is 0. The van der Waals surface area contributed by atoms with Crippen molar-refractivity contribution in [2.75, 3.05) is 11.4 Å². The second-order valence-corrected chi connectivity index (χ2v) is 8.32. The molecule has 0 fully saturated rings. The van der Waals surface area contributed by atoms with Gasteiger partial charge in [-0.3, -0.25) is 9.48 Å². The summed E-state index contributed by atoms with van der Waals surface area (Å²) in [5, 5.41) is 4.42. The third-order valence-corrected chi connectivity index (χ3v) is 5.92. The van der Waals surface area contributed by atoms with Crippen LogP contribution in [0.1, 0.15) is 40.1 Å². The number of amides is 1. The van der Waals surface area contributed by atoms with Gasteiger partial charge in [-0.25, -0.2) is 4.99 Å². The molecule has 3 aromatic carbocycles. The minimum atomic E-state index is -4.44. The molecule has 0 spiro atoms. The Morgan fingerprint density at radius 1 is 0.917 bits per heavy atom. The molecule has 2 heterocycles. The van der Waals surface area contributed by atoms with E-state index in [0.717, 1.165) is 23.3 Å². The molecule has 1 amide bonds. The normalized spacial score (nSPS) is 15.2. The van der Waals surface area contributed by atoms with Gasteiger partial charge in [0.05, 0.1) is 23.5 Å². The van der Waals surface area contributed by atoms with Crippen LogP contribution in [0.2, 0.25) is 0 Å². The van der Waals surface area contributed by atoms with Gasteiger partial charge < -0.3 is 4.90 Å². The van der Waals surface area contributed by atoms with Crippen molar-refractivity contribution in [1.82, 2.24) is 9.78 Å². The van der Waals surface area contributed by atoms with Crippen molar-refractivity contribution in [2.24, 2.45) is 4.99 Å². The number of alkyl halides is 3. The molecule has 1 aliphatic heterocycles. The fraction of sp³-hybridized carbons (Fsp3) is 0.148. The summed E-state index contributed by atoms with van der Waals surface area (Å²) in [7, 11) is 0. The molecule has 0 bridgehead atoms. The van der Waals surface area contributed by atoms with Crippen molar-refractivity contribution in [2.45, 2.75) is 19.1 Å². The second kappa shape index (κ2) is 10.0. The van der Waals surface area contributed by atoms with E-state index in [1.165, 1.54) is 17.0 Å². The number of aliphatic imine (C=N–C) groups is 1. The first-order valence-electron chi connectivity index (χ1n) is 11.1. The molecule has 5 nitrogen and oxygen atoms in total. The zero-order valence-corrected chi connectivity index (χ0v) is 20.3. The zero-order chi connectivity index (χ0) is 24.6. The van der Waals surface area contributed by atoms with Crippen molar-refractivity contribution in [3.05, 3.63) is 114 Å². The Balaban J connectivity index is 0.00000304. The number of hydrogen-bond donors (Lipinski definition) is 0. The number of anilines is 1. The van der Waals surface area contributed by atoms with Gasteiger partial charge in [0.1, 0.15) is 5.69 Å². The van der Waals surface area contributed by atoms with Gasteiger partial charge in [0.2, 0.25) is 0 Å². The van der Waals surface area contributed by atoms with Gasteiger partial charge in [-0.1, -0.05) is 60.7 Å². The Hall–Kier alpha value is -3.85. The Labute approximate surface area is 213 Å². The number of halogens is 3. The van der Waals surface area contributed by atoms with Crippen molar-refractivity contribution >= 4 is 36.5 Å². The summed E-state index contributed by atoms with van der Waals surface area (Å²) in [6.45, 7) is 2.19. The van der Waals surface area contributed by atoms with Crippen LogP contribution >= 0.6 is 13.5 Å². The van der Waals surface area contributed by atoms with Gasteiger partial charge in [-0.15, -0.1) is 0 Å². The summed E-state index contributed by atoms with van der Waals surface area (Å²) in [5.74, 6) is -0.361. The number of rotatable bonds is 4. The van der Waals surface area contributed by atoms with Crippen molar-refractivity contribution in [3.8, 4) is 0 Å². The molecule has 9 heteroatoms. The van der Waals surface area contributed by atoms with Crippen LogP contribution in [-0.4, -0.2) is 27.9 Å². The molecule has 0 aliphatic carbocycles. The van der Waals surface area contributed by atoms with Crippen LogP contribution in [0.4, 0.5) is 24.5 Å². The fourth-order valence-corrected chi connectivity index (χ4v) is 4.19. The van der Waals surface area contributed by atoms with Gasteiger partial charge in [-0.2, -0.15) is 31.8 Å². The van der Waals surface area contributed by atoms with Gasteiger partial charge in [0, 0.05) is 23.4 Å². The Morgan fingerprint density at radius 2 is 1.47 bits per heavy atom. The average Bonchev–Trinajstić information content (AvgIpc) is 3.30. The van der Waals surface area contributed by atoms with Crippen LogP contribution in [-0.2, 0) is 6.18 Å². The predicted molar refractivity (Wildman–Crippen MR) is 139 cm³/mol. The van der Waals surface area contributed by atoms with E-state index in [4.69, 9.17) is 4.99 Å². The predicted octanol–water partition coefficient (Wildman–Crippen LogP) is 6.41. The quantitative estimate of drug-likeness (QED) is 0.299. The first-order chi connectivity index (χ1) is 16.8. The lowest BCUT2D eigenvalue weighted by atomic mass is 10.0. The van der Waals surface area contributed by atoms with Crippen LogP contribution < -0.4 is 4.90 Å². The molecular formula is C27H23F3N4OS. The summed E-state index contributed by atoms with van der Waals surface area (Å²) in [6.07, 6.45) is -2.88. The topological polar surface area (TPSA) is 50.5 Å². The van der Waals surface area contributed by atoms with E-state index >= 15 is 0 Å². The molecular weight excluding hydrogens is 485 g/mol. The lowest BCUT2D eigenvalue weighted by molar-refractivity contribution is -0.137. The molecule has 1 atom stereocenters. The minimum absolute atomic E-state index is 0. The number of benzene rings is 3. The summed E-state index contributed by atoms with van der Waals surface area (Å²) in [5.41, 5.74) is 2.79. The van der Waals surface area contributed by atoms with Gasteiger partial charge in [-0.05, 0) is 31.2 Å². The van der Waals surface area contributed by atoms with Gasteiger partial charge in [0.15, 0.2) is 5.69 Å². The molecule has 0 saturated carbocycles. The van der Waals surface area contributed by atoms with E-state index in [1.807, 2.05) is 67.6 Å². The van der Waals surface area contributed by atoms with Crippen LogP contribution in [0.3, 0.4) is 0 Å². The number of hydrogen-bond acceptors (Lipinski definition) is 3. The molecule has 0 unspecified atom stereocenters.